The van der Waals surface area contributed by atoms with Crippen LogP contribution in [0.15, 0.2) is 18.3 Å². The number of alkyl halides is 2. The molecule has 1 aromatic rings. The van der Waals surface area contributed by atoms with Gasteiger partial charge in [0.25, 0.3) is 6.43 Å². The number of ether oxygens (including phenoxy) is 1. The predicted molar refractivity (Wildman–Crippen MR) is 45.1 cm³/mol. The van der Waals surface area contributed by atoms with Crippen molar-refractivity contribution in [3.63, 3.8) is 0 Å². The molecule has 72 valence electrons. The zero-order valence-electron chi connectivity index (χ0n) is 7.34. The quantitative estimate of drug-likeness (QED) is 0.721. The molecule has 0 amide bonds. The SMILES string of the molecule is CCc1cccnc1OCC(F)F. The van der Waals surface area contributed by atoms with Crippen LogP contribution in [0.5, 0.6) is 5.88 Å². The lowest BCUT2D eigenvalue weighted by atomic mass is 10.2. The summed E-state index contributed by atoms with van der Waals surface area (Å²) in [7, 11) is 0. The van der Waals surface area contributed by atoms with Gasteiger partial charge < -0.3 is 4.74 Å². The third-order valence-corrected chi connectivity index (χ3v) is 1.58. The molecule has 0 saturated carbocycles. The summed E-state index contributed by atoms with van der Waals surface area (Å²) in [5.74, 6) is 0.310. The topological polar surface area (TPSA) is 22.1 Å². The Morgan fingerprint density at radius 1 is 1.54 bits per heavy atom. The zero-order valence-corrected chi connectivity index (χ0v) is 7.34. The Balaban J connectivity index is 2.64. The van der Waals surface area contributed by atoms with Crippen LogP contribution in [0.1, 0.15) is 12.5 Å². The molecule has 1 rings (SSSR count). The largest absolute Gasteiger partial charge is 0.471 e. The van der Waals surface area contributed by atoms with Gasteiger partial charge in [-0.1, -0.05) is 13.0 Å². The second kappa shape index (κ2) is 4.74. The van der Waals surface area contributed by atoms with Gasteiger partial charge >= 0.3 is 0 Å². The number of rotatable bonds is 4. The van der Waals surface area contributed by atoms with Crippen LogP contribution in [0.25, 0.3) is 0 Å². The van der Waals surface area contributed by atoms with Crippen LogP contribution in [0.2, 0.25) is 0 Å². The van der Waals surface area contributed by atoms with E-state index >= 15 is 0 Å². The number of aryl methyl sites for hydroxylation is 1. The third kappa shape index (κ3) is 2.97. The molecule has 1 aromatic heterocycles. The van der Waals surface area contributed by atoms with Crippen molar-refractivity contribution < 1.29 is 13.5 Å². The van der Waals surface area contributed by atoms with Crippen molar-refractivity contribution in [2.24, 2.45) is 0 Å². The van der Waals surface area contributed by atoms with E-state index in [2.05, 4.69) is 4.98 Å². The van der Waals surface area contributed by atoms with Gasteiger partial charge in [0.15, 0.2) is 6.61 Å². The van der Waals surface area contributed by atoms with Gasteiger partial charge in [-0.25, -0.2) is 13.8 Å². The molecule has 0 aliphatic carbocycles. The van der Waals surface area contributed by atoms with Crippen molar-refractivity contribution in [3.8, 4) is 5.88 Å². The number of pyridine rings is 1. The monoisotopic (exact) mass is 187 g/mol. The molecule has 4 heteroatoms. The van der Waals surface area contributed by atoms with Crippen molar-refractivity contribution in [2.45, 2.75) is 19.8 Å². The first-order valence-electron chi connectivity index (χ1n) is 4.09. The molecule has 0 saturated heterocycles. The van der Waals surface area contributed by atoms with Gasteiger partial charge in [-0.2, -0.15) is 0 Å². The molecule has 0 N–H and O–H groups in total. The lowest BCUT2D eigenvalue weighted by Gasteiger charge is -2.07. The molecule has 2 nitrogen and oxygen atoms in total. The first-order chi connectivity index (χ1) is 6.24. The first kappa shape index (κ1) is 9.89. The fourth-order valence-corrected chi connectivity index (χ4v) is 0.965. The maximum Gasteiger partial charge on any atom is 0.272 e. The van der Waals surface area contributed by atoms with E-state index in [1.165, 1.54) is 6.20 Å². The highest BCUT2D eigenvalue weighted by molar-refractivity contribution is 5.25. The normalized spacial score (nSPS) is 10.5. The minimum Gasteiger partial charge on any atom is -0.471 e. The van der Waals surface area contributed by atoms with Crippen molar-refractivity contribution in [1.29, 1.82) is 0 Å². The molecule has 13 heavy (non-hydrogen) atoms. The van der Waals surface area contributed by atoms with Crippen LogP contribution in [-0.2, 0) is 6.42 Å². The van der Waals surface area contributed by atoms with Crippen LogP contribution >= 0.6 is 0 Å². The Hall–Kier alpha value is -1.19. The first-order valence-corrected chi connectivity index (χ1v) is 4.09. The molecule has 0 spiro atoms. The van der Waals surface area contributed by atoms with Crippen LogP contribution in [0.3, 0.4) is 0 Å². The van der Waals surface area contributed by atoms with E-state index in [1.54, 1.807) is 6.07 Å². The minimum absolute atomic E-state index is 0.310. The van der Waals surface area contributed by atoms with E-state index in [-0.39, 0.29) is 0 Å². The lowest BCUT2D eigenvalue weighted by Crippen LogP contribution is -2.09. The fraction of sp³-hybridized carbons (Fsp3) is 0.444. The Bertz CT molecular complexity index is 266. The van der Waals surface area contributed by atoms with Crippen LogP contribution in [0, 0.1) is 0 Å². The molecule has 0 aromatic carbocycles. The standard InChI is InChI=1S/C9H11F2NO/c1-2-7-4-3-5-12-9(7)13-6-8(10)11/h3-5,8H,2,6H2,1H3. The average molecular weight is 187 g/mol. The highest BCUT2D eigenvalue weighted by Crippen LogP contribution is 2.14. The van der Waals surface area contributed by atoms with Gasteiger partial charge in [-0.05, 0) is 12.5 Å². The van der Waals surface area contributed by atoms with Gasteiger partial charge in [-0.3, -0.25) is 0 Å². The Kier molecular flexibility index (Phi) is 3.61. The highest BCUT2D eigenvalue weighted by Gasteiger charge is 2.06. The minimum atomic E-state index is -2.45. The second-order valence-corrected chi connectivity index (χ2v) is 2.52. The highest BCUT2D eigenvalue weighted by atomic mass is 19.3. The second-order valence-electron chi connectivity index (χ2n) is 2.52. The number of halogens is 2. The molecule has 0 bridgehead atoms. The lowest BCUT2D eigenvalue weighted by molar-refractivity contribution is 0.0791. The zero-order chi connectivity index (χ0) is 9.68. The van der Waals surface area contributed by atoms with E-state index in [0.717, 1.165) is 12.0 Å². The molecule has 0 aliphatic heterocycles. The molecule has 0 atom stereocenters. The Morgan fingerprint density at radius 3 is 2.92 bits per heavy atom. The molecule has 0 fully saturated rings. The maximum atomic E-state index is 11.8. The summed E-state index contributed by atoms with van der Waals surface area (Å²) in [6.07, 6.45) is -0.196. The van der Waals surface area contributed by atoms with Crippen molar-refractivity contribution >= 4 is 0 Å². The molecule has 0 radical (unpaired) electrons. The summed E-state index contributed by atoms with van der Waals surface area (Å²) in [6.45, 7) is 1.33. The van der Waals surface area contributed by atoms with E-state index in [9.17, 15) is 8.78 Å². The van der Waals surface area contributed by atoms with Crippen LogP contribution in [-0.4, -0.2) is 18.0 Å². The smallest absolute Gasteiger partial charge is 0.272 e. The third-order valence-electron chi connectivity index (χ3n) is 1.58. The van der Waals surface area contributed by atoms with Crippen LogP contribution < -0.4 is 4.74 Å². The molecule has 0 aliphatic rings. The number of hydrogen-bond acceptors (Lipinski definition) is 2. The summed E-state index contributed by atoms with van der Waals surface area (Å²) in [6, 6.07) is 3.57. The van der Waals surface area contributed by atoms with Gasteiger partial charge in [0.2, 0.25) is 5.88 Å². The van der Waals surface area contributed by atoms with E-state index in [1.807, 2.05) is 13.0 Å². The Labute approximate surface area is 75.6 Å². The van der Waals surface area contributed by atoms with Gasteiger partial charge in [0, 0.05) is 11.8 Å². The van der Waals surface area contributed by atoms with Gasteiger partial charge in [-0.15, -0.1) is 0 Å². The predicted octanol–water partition coefficient (Wildman–Crippen LogP) is 2.29. The number of aromatic nitrogens is 1. The van der Waals surface area contributed by atoms with Crippen molar-refractivity contribution in [1.82, 2.24) is 4.98 Å². The van der Waals surface area contributed by atoms with E-state index < -0.39 is 13.0 Å². The average Bonchev–Trinajstić information content (AvgIpc) is 2.15. The van der Waals surface area contributed by atoms with Crippen LogP contribution in [0.4, 0.5) is 8.78 Å². The number of nitrogens with zero attached hydrogens (tertiary/aromatic N) is 1. The summed E-state index contributed by atoms with van der Waals surface area (Å²) < 4.78 is 28.4. The van der Waals surface area contributed by atoms with E-state index in [0.29, 0.717) is 5.88 Å². The molecular formula is C9H11F2NO. The van der Waals surface area contributed by atoms with Crippen molar-refractivity contribution in [3.05, 3.63) is 23.9 Å². The summed E-state index contributed by atoms with van der Waals surface area (Å²) in [5.41, 5.74) is 0.850. The summed E-state index contributed by atoms with van der Waals surface area (Å²) in [5, 5.41) is 0. The summed E-state index contributed by atoms with van der Waals surface area (Å²) in [4.78, 5) is 3.87. The Morgan fingerprint density at radius 2 is 2.31 bits per heavy atom. The number of hydrogen-bond donors (Lipinski definition) is 0. The summed E-state index contributed by atoms with van der Waals surface area (Å²) >= 11 is 0. The fourth-order valence-electron chi connectivity index (χ4n) is 0.965. The van der Waals surface area contributed by atoms with E-state index in [4.69, 9.17) is 4.74 Å². The molecule has 1 heterocycles. The molecular weight excluding hydrogens is 176 g/mol. The van der Waals surface area contributed by atoms with Crippen molar-refractivity contribution in [2.75, 3.05) is 6.61 Å². The van der Waals surface area contributed by atoms with Gasteiger partial charge in [0.05, 0.1) is 0 Å². The maximum absolute atomic E-state index is 11.8. The molecule has 0 unspecified atom stereocenters. The van der Waals surface area contributed by atoms with Gasteiger partial charge in [0.1, 0.15) is 0 Å².